The number of halogens is 1. The van der Waals surface area contributed by atoms with Gasteiger partial charge in [-0.25, -0.2) is 0 Å². The van der Waals surface area contributed by atoms with Crippen LogP contribution in [0.15, 0.2) is 42.6 Å². The molecule has 2 nitrogen and oxygen atoms in total. The second-order valence-corrected chi connectivity index (χ2v) is 2.09. The van der Waals surface area contributed by atoms with Crippen molar-refractivity contribution in [1.29, 1.82) is 0 Å². The second kappa shape index (κ2) is 5.38. The Bertz CT molecular complexity index is 269. The van der Waals surface area contributed by atoms with E-state index >= 15 is 0 Å². The molecule has 0 fully saturated rings. The van der Waals surface area contributed by atoms with Crippen molar-refractivity contribution in [3.8, 4) is 0 Å². The second-order valence-electron chi connectivity index (χ2n) is 2.09. The molecule has 0 aliphatic carbocycles. The molecule has 0 saturated carbocycles. The van der Waals surface area contributed by atoms with E-state index in [1.54, 1.807) is 12.1 Å². The summed E-state index contributed by atoms with van der Waals surface area (Å²) in [5.41, 5.74) is 5.73. The third-order valence-corrected chi connectivity index (χ3v) is 1.31. The highest BCUT2D eigenvalue weighted by Crippen LogP contribution is 1.99. The van der Waals surface area contributed by atoms with Gasteiger partial charge in [-0.15, -0.1) is 12.4 Å². The first-order chi connectivity index (χ1) is 5.34. The first kappa shape index (κ1) is 10.7. The molecular formula is C9H10ClNO. The molecule has 64 valence electrons. The lowest BCUT2D eigenvalue weighted by Gasteiger charge is -1.91. The Kier molecular flexibility index (Phi) is 4.81. The molecule has 12 heavy (non-hydrogen) atoms. The van der Waals surface area contributed by atoms with Crippen molar-refractivity contribution in [3.05, 3.63) is 48.2 Å². The third kappa shape index (κ3) is 2.76. The predicted molar refractivity (Wildman–Crippen MR) is 51.3 cm³/mol. The normalized spacial score (nSPS) is 9.33. The number of allylic oxidation sites excluding steroid dienone is 1. The van der Waals surface area contributed by atoms with Crippen LogP contribution in [0.2, 0.25) is 0 Å². The van der Waals surface area contributed by atoms with Gasteiger partial charge in [-0.2, -0.15) is 0 Å². The van der Waals surface area contributed by atoms with Crippen molar-refractivity contribution in [1.82, 2.24) is 0 Å². The number of benzene rings is 1. The van der Waals surface area contributed by atoms with E-state index in [9.17, 15) is 4.79 Å². The molecule has 0 unspecified atom stereocenters. The highest BCUT2D eigenvalue weighted by molar-refractivity contribution is 6.04. The molecule has 0 heterocycles. The SMILES string of the molecule is Cl.NC=CC(=O)c1ccccc1. The van der Waals surface area contributed by atoms with Gasteiger partial charge in [-0.1, -0.05) is 30.3 Å². The summed E-state index contributed by atoms with van der Waals surface area (Å²) in [5.74, 6) is -0.0619. The van der Waals surface area contributed by atoms with E-state index in [0.717, 1.165) is 0 Å². The van der Waals surface area contributed by atoms with Gasteiger partial charge in [0.25, 0.3) is 0 Å². The van der Waals surface area contributed by atoms with Crippen molar-refractivity contribution in [2.45, 2.75) is 0 Å². The number of hydrogen-bond donors (Lipinski definition) is 1. The van der Waals surface area contributed by atoms with Crippen LogP contribution in [0.25, 0.3) is 0 Å². The van der Waals surface area contributed by atoms with E-state index in [1.165, 1.54) is 12.3 Å². The van der Waals surface area contributed by atoms with E-state index in [2.05, 4.69) is 0 Å². The molecule has 0 spiro atoms. The van der Waals surface area contributed by atoms with E-state index in [1.807, 2.05) is 18.2 Å². The Labute approximate surface area is 77.5 Å². The van der Waals surface area contributed by atoms with Gasteiger partial charge in [0.1, 0.15) is 0 Å². The molecule has 0 amide bonds. The van der Waals surface area contributed by atoms with Gasteiger partial charge in [-0.05, 0) is 6.20 Å². The summed E-state index contributed by atoms with van der Waals surface area (Å²) in [4.78, 5) is 11.1. The molecule has 0 aliphatic rings. The monoisotopic (exact) mass is 183 g/mol. The summed E-state index contributed by atoms with van der Waals surface area (Å²) < 4.78 is 0. The van der Waals surface area contributed by atoms with Crippen molar-refractivity contribution in [2.24, 2.45) is 5.73 Å². The summed E-state index contributed by atoms with van der Waals surface area (Å²) in [6, 6.07) is 9.00. The Balaban J connectivity index is 0.00000121. The highest BCUT2D eigenvalue weighted by atomic mass is 35.5. The minimum atomic E-state index is -0.0619. The fraction of sp³-hybridized carbons (Fsp3) is 0. The minimum Gasteiger partial charge on any atom is -0.404 e. The van der Waals surface area contributed by atoms with Gasteiger partial charge in [0.2, 0.25) is 0 Å². The van der Waals surface area contributed by atoms with E-state index < -0.39 is 0 Å². The van der Waals surface area contributed by atoms with Gasteiger partial charge in [-0.3, -0.25) is 4.79 Å². The third-order valence-electron chi connectivity index (χ3n) is 1.31. The van der Waals surface area contributed by atoms with Crippen LogP contribution in [0.1, 0.15) is 10.4 Å². The summed E-state index contributed by atoms with van der Waals surface area (Å²) in [7, 11) is 0. The number of ketones is 1. The van der Waals surface area contributed by atoms with Crippen molar-refractivity contribution >= 4 is 18.2 Å². The van der Waals surface area contributed by atoms with Gasteiger partial charge < -0.3 is 5.73 Å². The number of rotatable bonds is 2. The number of hydrogen-bond acceptors (Lipinski definition) is 2. The van der Waals surface area contributed by atoms with E-state index in [0.29, 0.717) is 5.56 Å². The molecule has 0 atom stereocenters. The molecule has 0 aliphatic heterocycles. The van der Waals surface area contributed by atoms with Gasteiger partial charge in [0.05, 0.1) is 0 Å². The summed E-state index contributed by atoms with van der Waals surface area (Å²) >= 11 is 0. The largest absolute Gasteiger partial charge is 0.404 e. The lowest BCUT2D eigenvalue weighted by molar-refractivity contribution is 0.104. The van der Waals surface area contributed by atoms with Crippen LogP contribution in [-0.2, 0) is 0 Å². The average Bonchev–Trinajstić information content (AvgIpc) is 2.07. The standard InChI is InChI=1S/C9H9NO.ClH/c10-7-6-9(11)8-4-2-1-3-5-8;/h1-7H,10H2;1H. The van der Waals surface area contributed by atoms with Crippen LogP contribution in [0, 0.1) is 0 Å². The number of carbonyl (C=O) groups is 1. The number of carbonyl (C=O) groups excluding carboxylic acids is 1. The first-order valence-corrected chi connectivity index (χ1v) is 3.32. The Hall–Kier alpha value is -1.28. The molecule has 1 aromatic carbocycles. The summed E-state index contributed by atoms with van der Waals surface area (Å²) in [6.45, 7) is 0. The van der Waals surface area contributed by atoms with Crippen LogP contribution in [0.5, 0.6) is 0 Å². The summed E-state index contributed by atoms with van der Waals surface area (Å²) in [5, 5.41) is 0. The fourth-order valence-corrected chi connectivity index (χ4v) is 0.786. The molecule has 0 aromatic heterocycles. The minimum absolute atomic E-state index is 0. The average molecular weight is 184 g/mol. The highest BCUT2D eigenvalue weighted by Gasteiger charge is 1.97. The zero-order chi connectivity index (χ0) is 8.10. The molecule has 1 rings (SSSR count). The Morgan fingerprint density at radius 3 is 2.33 bits per heavy atom. The Morgan fingerprint density at radius 2 is 1.83 bits per heavy atom. The van der Waals surface area contributed by atoms with Crippen LogP contribution < -0.4 is 5.73 Å². The van der Waals surface area contributed by atoms with Crippen molar-refractivity contribution in [3.63, 3.8) is 0 Å². The zero-order valence-electron chi connectivity index (χ0n) is 6.44. The van der Waals surface area contributed by atoms with Gasteiger partial charge in [0, 0.05) is 11.6 Å². The van der Waals surface area contributed by atoms with Crippen molar-refractivity contribution in [2.75, 3.05) is 0 Å². The smallest absolute Gasteiger partial charge is 0.187 e. The lowest BCUT2D eigenvalue weighted by Crippen LogP contribution is -1.94. The Morgan fingerprint density at radius 1 is 1.25 bits per heavy atom. The maximum Gasteiger partial charge on any atom is 0.187 e. The topological polar surface area (TPSA) is 43.1 Å². The van der Waals surface area contributed by atoms with Crippen LogP contribution in [0.3, 0.4) is 0 Å². The predicted octanol–water partition coefficient (Wildman–Crippen LogP) is 1.76. The molecule has 2 N–H and O–H groups in total. The maximum atomic E-state index is 11.1. The van der Waals surface area contributed by atoms with E-state index in [-0.39, 0.29) is 18.2 Å². The molecule has 0 saturated heterocycles. The van der Waals surface area contributed by atoms with Crippen LogP contribution in [0.4, 0.5) is 0 Å². The van der Waals surface area contributed by atoms with Crippen molar-refractivity contribution < 1.29 is 4.79 Å². The molecule has 0 bridgehead atoms. The molecular weight excluding hydrogens is 174 g/mol. The fourth-order valence-electron chi connectivity index (χ4n) is 0.786. The number of nitrogens with two attached hydrogens (primary N) is 1. The molecule has 1 aromatic rings. The maximum absolute atomic E-state index is 11.1. The zero-order valence-corrected chi connectivity index (χ0v) is 7.25. The summed E-state index contributed by atoms with van der Waals surface area (Å²) in [6.07, 6.45) is 2.59. The van der Waals surface area contributed by atoms with Crippen LogP contribution in [-0.4, -0.2) is 5.78 Å². The molecule has 0 radical (unpaired) electrons. The first-order valence-electron chi connectivity index (χ1n) is 3.32. The van der Waals surface area contributed by atoms with Crippen LogP contribution >= 0.6 is 12.4 Å². The quantitative estimate of drug-likeness (QED) is 0.561. The lowest BCUT2D eigenvalue weighted by atomic mass is 10.1. The van der Waals surface area contributed by atoms with Gasteiger partial charge in [0.15, 0.2) is 5.78 Å². The van der Waals surface area contributed by atoms with E-state index in [4.69, 9.17) is 5.73 Å². The van der Waals surface area contributed by atoms with Gasteiger partial charge >= 0.3 is 0 Å². The molecule has 3 heteroatoms.